The fourth-order valence-corrected chi connectivity index (χ4v) is 3.36. The van der Waals surface area contributed by atoms with E-state index in [9.17, 15) is 5.26 Å². The van der Waals surface area contributed by atoms with Crippen molar-refractivity contribution in [2.45, 2.75) is 13.8 Å². The minimum Gasteiger partial charge on any atom is -0.496 e. The van der Waals surface area contributed by atoms with E-state index in [2.05, 4.69) is 33.6 Å². The average Bonchev–Trinajstić information content (AvgIpc) is 3.09. The van der Waals surface area contributed by atoms with Crippen LogP contribution in [0.15, 0.2) is 54.7 Å². The summed E-state index contributed by atoms with van der Waals surface area (Å²) in [6.07, 6.45) is 1.95. The number of benzene rings is 2. The molecule has 0 amide bonds. The van der Waals surface area contributed by atoms with Gasteiger partial charge in [0.1, 0.15) is 11.8 Å². The summed E-state index contributed by atoms with van der Waals surface area (Å²) in [4.78, 5) is 4.49. The molecule has 6 nitrogen and oxygen atoms in total. The summed E-state index contributed by atoms with van der Waals surface area (Å²) >= 11 is 0. The number of hydrogen-bond donors (Lipinski definition) is 1. The number of rotatable bonds is 4. The molecule has 0 fully saturated rings. The first kappa shape index (κ1) is 17.6. The number of pyridine rings is 1. The molecule has 0 saturated heterocycles. The molecule has 28 heavy (non-hydrogen) atoms. The molecule has 138 valence electrons. The zero-order chi connectivity index (χ0) is 19.7. The Morgan fingerprint density at radius 1 is 1.04 bits per heavy atom. The van der Waals surface area contributed by atoms with Crippen molar-refractivity contribution in [3.8, 4) is 22.9 Å². The quantitative estimate of drug-likeness (QED) is 0.567. The van der Waals surface area contributed by atoms with Crippen LogP contribution in [0, 0.1) is 25.2 Å². The second-order valence-electron chi connectivity index (χ2n) is 6.58. The summed E-state index contributed by atoms with van der Waals surface area (Å²) in [5, 5.41) is 16.9. The first-order valence-electron chi connectivity index (χ1n) is 8.87. The molecular formula is C22H19N5O. The van der Waals surface area contributed by atoms with Gasteiger partial charge in [0.05, 0.1) is 18.4 Å². The maximum absolute atomic E-state index is 9.24. The average molecular weight is 369 g/mol. The van der Waals surface area contributed by atoms with E-state index >= 15 is 0 Å². The van der Waals surface area contributed by atoms with Crippen molar-refractivity contribution in [3.63, 3.8) is 0 Å². The van der Waals surface area contributed by atoms with Crippen LogP contribution in [-0.4, -0.2) is 21.7 Å². The van der Waals surface area contributed by atoms with Crippen LogP contribution in [-0.2, 0) is 0 Å². The molecule has 2 heterocycles. The number of nitrogens with one attached hydrogen (secondary N) is 1. The van der Waals surface area contributed by atoms with Crippen LogP contribution >= 0.6 is 0 Å². The van der Waals surface area contributed by atoms with Gasteiger partial charge in [-0.15, -0.1) is 5.10 Å². The number of methoxy groups -OCH3 is 1. The SMILES string of the molecule is COc1c(C)cc(-c2ccc3nc(Nc4ccccc4C#N)nn3c2)cc1C. The molecule has 0 aliphatic carbocycles. The number of aryl methyl sites for hydroxylation is 2. The molecule has 1 N–H and O–H groups in total. The monoisotopic (exact) mass is 369 g/mol. The highest BCUT2D eigenvalue weighted by molar-refractivity contribution is 5.69. The van der Waals surface area contributed by atoms with Crippen LogP contribution in [0.4, 0.5) is 11.6 Å². The van der Waals surface area contributed by atoms with Crippen molar-refractivity contribution in [1.82, 2.24) is 14.6 Å². The highest BCUT2D eigenvalue weighted by atomic mass is 16.5. The molecule has 0 radical (unpaired) electrons. The Labute approximate surface area is 163 Å². The topological polar surface area (TPSA) is 75.2 Å². The van der Waals surface area contributed by atoms with Gasteiger partial charge in [-0.05, 0) is 66.9 Å². The molecule has 0 unspecified atom stereocenters. The van der Waals surface area contributed by atoms with Crippen LogP contribution in [0.3, 0.4) is 0 Å². The minimum absolute atomic E-state index is 0.446. The molecule has 0 spiro atoms. The lowest BCUT2D eigenvalue weighted by Crippen LogP contribution is -1.96. The summed E-state index contributed by atoms with van der Waals surface area (Å²) in [6, 6.07) is 17.6. The third kappa shape index (κ3) is 3.14. The van der Waals surface area contributed by atoms with Gasteiger partial charge in [-0.2, -0.15) is 10.2 Å². The molecule has 0 atom stereocenters. The number of ether oxygens (including phenoxy) is 1. The van der Waals surface area contributed by atoms with Gasteiger partial charge < -0.3 is 10.1 Å². The summed E-state index contributed by atoms with van der Waals surface area (Å²) < 4.78 is 7.19. The highest BCUT2D eigenvalue weighted by Gasteiger charge is 2.10. The van der Waals surface area contributed by atoms with E-state index in [4.69, 9.17) is 4.74 Å². The first-order valence-corrected chi connectivity index (χ1v) is 8.87. The van der Waals surface area contributed by atoms with Gasteiger partial charge in [0.15, 0.2) is 5.65 Å². The molecule has 2 aromatic heterocycles. The number of hydrogen-bond acceptors (Lipinski definition) is 5. The first-order chi connectivity index (χ1) is 13.6. The number of fused-ring (bicyclic) bond motifs is 1. The Morgan fingerprint density at radius 3 is 2.50 bits per heavy atom. The highest BCUT2D eigenvalue weighted by Crippen LogP contribution is 2.30. The van der Waals surface area contributed by atoms with Gasteiger partial charge in [-0.3, -0.25) is 0 Å². The second-order valence-corrected chi connectivity index (χ2v) is 6.58. The lowest BCUT2D eigenvalue weighted by molar-refractivity contribution is 0.408. The molecule has 0 saturated carbocycles. The van der Waals surface area contributed by atoms with Crippen molar-refractivity contribution < 1.29 is 4.74 Å². The molecule has 4 aromatic rings. The lowest BCUT2D eigenvalue weighted by Gasteiger charge is -2.11. The van der Waals surface area contributed by atoms with Crippen molar-refractivity contribution >= 4 is 17.3 Å². The lowest BCUT2D eigenvalue weighted by atomic mass is 10.0. The van der Waals surface area contributed by atoms with Crippen molar-refractivity contribution in [1.29, 1.82) is 5.26 Å². The third-order valence-corrected chi connectivity index (χ3v) is 4.62. The predicted octanol–water partition coefficient (Wildman–Crippen LogP) is 4.64. The Bertz CT molecular complexity index is 1200. The van der Waals surface area contributed by atoms with E-state index in [0.717, 1.165) is 33.7 Å². The molecule has 0 aliphatic rings. The second kappa shape index (κ2) is 7.05. The van der Waals surface area contributed by atoms with Gasteiger partial charge in [-0.1, -0.05) is 12.1 Å². The fraction of sp³-hybridized carbons (Fsp3) is 0.136. The maximum atomic E-state index is 9.24. The number of para-hydroxylation sites is 1. The van der Waals surface area contributed by atoms with Gasteiger partial charge >= 0.3 is 0 Å². The summed E-state index contributed by atoms with van der Waals surface area (Å²) in [7, 11) is 1.69. The number of nitriles is 1. The Kier molecular flexibility index (Phi) is 4.42. The minimum atomic E-state index is 0.446. The van der Waals surface area contributed by atoms with Crippen LogP contribution in [0.25, 0.3) is 16.8 Å². The number of nitrogens with zero attached hydrogens (tertiary/aromatic N) is 4. The van der Waals surface area contributed by atoms with Crippen LogP contribution < -0.4 is 10.1 Å². The Balaban J connectivity index is 1.70. The maximum Gasteiger partial charge on any atom is 0.247 e. The summed E-state index contributed by atoms with van der Waals surface area (Å²) in [6.45, 7) is 4.08. The number of aromatic nitrogens is 3. The normalized spacial score (nSPS) is 10.6. The third-order valence-electron chi connectivity index (χ3n) is 4.62. The molecule has 0 bridgehead atoms. The van der Waals surface area contributed by atoms with Crippen LogP contribution in [0.5, 0.6) is 5.75 Å². The molecular weight excluding hydrogens is 350 g/mol. The molecule has 4 rings (SSSR count). The van der Waals surface area contributed by atoms with E-state index in [1.807, 2.05) is 50.4 Å². The van der Waals surface area contributed by atoms with E-state index in [1.165, 1.54) is 0 Å². The van der Waals surface area contributed by atoms with Gasteiger partial charge in [0.2, 0.25) is 5.95 Å². The van der Waals surface area contributed by atoms with Crippen LogP contribution in [0.2, 0.25) is 0 Å². The van der Waals surface area contributed by atoms with E-state index in [0.29, 0.717) is 17.2 Å². The van der Waals surface area contributed by atoms with E-state index in [-0.39, 0.29) is 0 Å². The van der Waals surface area contributed by atoms with Crippen molar-refractivity contribution in [2.24, 2.45) is 0 Å². The van der Waals surface area contributed by atoms with Crippen molar-refractivity contribution in [3.05, 3.63) is 71.4 Å². The Hall–Kier alpha value is -3.85. The fourth-order valence-electron chi connectivity index (χ4n) is 3.36. The Morgan fingerprint density at radius 2 is 1.79 bits per heavy atom. The largest absolute Gasteiger partial charge is 0.496 e. The predicted molar refractivity (Wildman–Crippen MR) is 109 cm³/mol. The van der Waals surface area contributed by atoms with Gasteiger partial charge in [-0.25, -0.2) is 4.52 Å². The molecule has 2 aromatic carbocycles. The van der Waals surface area contributed by atoms with Gasteiger partial charge in [0.25, 0.3) is 0 Å². The van der Waals surface area contributed by atoms with E-state index in [1.54, 1.807) is 17.7 Å². The van der Waals surface area contributed by atoms with Crippen LogP contribution in [0.1, 0.15) is 16.7 Å². The zero-order valence-electron chi connectivity index (χ0n) is 15.9. The molecule has 0 aliphatic heterocycles. The van der Waals surface area contributed by atoms with Crippen molar-refractivity contribution in [2.75, 3.05) is 12.4 Å². The summed E-state index contributed by atoms with van der Waals surface area (Å²) in [5.74, 6) is 1.36. The number of anilines is 2. The molecule has 6 heteroatoms. The van der Waals surface area contributed by atoms with E-state index < -0.39 is 0 Å². The van der Waals surface area contributed by atoms with Gasteiger partial charge in [0, 0.05) is 11.8 Å². The standard InChI is InChI=1S/C22H19N5O/c1-14-10-18(11-15(2)21(14)28-3)17-8-9-20-25-22(26-27(20)13-17)24-19-7-5-4-6-16(19)12-23/h4-11,13H,1-3H3,(H,24,26). The smallest absolute Gasteiger partial charge is 0.247 e. The summed E-state index contributed by atoms with van der Waals surface area (Å²) in [5.41, 5.74) is 6.27. The zero-order valence-corrected chi connectivity index (χ0v) is 15.9.